The summed E-state index contributed by atoms with van der Waals surface area (Å²) in [5.74, 6) is 0.435. The fourth-order valence-corrected chi connectivity index (χ4v) is 1.16. The average molecular weight is 193 g/mol. The minimum absolute atomic E-state index is 0.258. The highest BCUT2D eigenvalue weighted by Crippen LogP contribution is 2.20. The van der Waals surface area contributed by atoms with Gasteiger partial charge in [-0.15, -0.1) is 5.10 Å². The minimum atomic E-state index is -0.258. The first kappa shape index (κ1) is 10.5. The van der Waals surface area contributed by atoms with E-state index in [9.17, 15) is 0 Å². The lowest BCUT2D eigenvalue weighted by atomic mass is 9.90. The van der Waals surface area contributed by atoms with E-state index in [1.807, 2.05) is 13.8 Å². The largest absolute Gasteiger partial charge is 0.381 e. The van der Waals surface area contributed by atoms with Gasteiger partial charge in [-0.25, -0.2) is 0 Å². The van der Waals surface area contributed by atoms with Gasteiger partial charge in [-0.3, -0.25) is 4.68 Å². The highest BCUT2D eigenvalue weighted by atomic mass is 15.4. The van der Waals surface area contributed by atoms with Gasteiger partial charge in [0.15, 0.2) is 5.82 Å². The molecule has 0 unspecified atom stereocenters. The van der Waals surface area contributed by atoms with Crippen molar-refractivity contribution >= 4 is 5.82 Å². The van der Waals surface area contributed by atoms with Gasteiger partial charge in [0, 0.05) is 6.54 Å². The third kappa shape index (κ3) is 3.05. The third-order valence-electron chi connectivity index (χ3n) is 2.05. The normalized spacial score (nSPS) is 11.2. The summed E-state index contributed by atoms with van der Waals surface area (Å²) in [4.78, 5) is 0. The van der Waals surface area contributed by atoms with Gasteiger partial charge in [-0.2, -0.15) is 5.26 Å². The van der Waals surface area contributed by atoms with Crippen molar-refractivity contribution in [1.29, 1.82) is 5.26 Å². The average Bonchev–Trinajstić information content (AvgIpc) is 2.51. The summed E-state index contributed by atoms with van der Waals surface area (Å²) in [6, 6.07) is 2.26. The molecule has 5 heteroatoms. The van der Waals surface area contributed by atoms with Crippen molar-refractivity contribution < 1.29 is 0 Å². The maximum Gasteiger partial charge on any atom is 0.165 e. The first-order valence-electron chi connectivity index (χ1n) is 4.60. The number of aryl methyl sites for hydroxylation is 1. The molecule has 0 saturated carbocycles. The quantitative estimate of drug-likeness (QED) is 0.778. The molecule has 1 heterocycles. The van der Waals surface area contributed by atoms with E-state index < -0.39 is 0 Å². The van der Waals surface area contributed by atoms with Gasteiger partial charge >= 0.3 is 0 Å². The first-order chi connectivity index (χ1) is 6.53. The molecule has 0 bridgehead atoms. The summed E-state index contributed by atoms with van der Waals surface area (Å²) in [6.07, 6.45) is 3.45. The predicted molar refractivity (Wildman–Crippen MR) is 53.1 cm³/mol. The monoisotopic (exact) mass is 193 g/mol. The third-order valence-corrected chi connectivity index (χ3v) is 2.05. The van der Waals surface area contributed by atoms with E-state index in [4.69, 9.17) is 11.0 Å². The van der Waals surface area contributed by atoms with Crippen LogP contribution in [0.5, 0.6) is 0 Å². The molecule has 14 heavy (non-hydrogen) atoms. The van der Waals surface area contributed by atoms with Crippen molar-refractivity contribution in [3.63, 3.8) is 0 Å². The van der Waals surface area contributed by atoms with Crippen molar-refractivity contribution in [3.8, 4) is 6.07 Å². The zero-order valence-electron chi connectivity index (χ0n) is 8.56. The highest BCUT2D eigenvalue weighted by Gasteiger charge is 2.15. The Kier molecular flexibility index (Phi) is 3.07. The molecule has 1 aromatic rings. The molecule has 1 rings (SSSR count). The first-order valence-corrected chi connectivity index (χ1v) is 4.60. The lowest BCUT2D eigenvalue weighted by molar-refractivity contribution is 0.404. The number of aromatic nitrogens is 3. The fraction of sp³-hybridized carbons (Fsp3) is 0.667. The van der Waals surface area contributed by atoms with Crippen LogP contribution in [0.4, 0.5) is 5.82 Å². The van der Waals surface area contributed by atoms with Crippen LogP contribution in [0.15, 0.2) is 6.20 Å². The van der Waals surface area contributed by atoms with Crippen LogP contribution in [0, 0.1) is 16.7 Å². The van der Waals surface area contributed by atoms with E-state index in [0.29, 0.717) is 5.82 Å². The lowest BCUT2D eigenvalue weighted by Crippen LogP contribution is -2.09. The SMILES string of the molecule is CC(C)(C#N)CCCn1cc(N)nn1. The molecule has 0 aliphatic heterocycles. The Morgan fingerprint density at radius 1 is 1.64 bits per heavy atom. The second kappa shape index (κ2) is 4.09. The Morgan fingerprint density at radius 3 is 2.86 bits per heavy atom. The highest BCUT2D eigenvalue weighted by molar-refractivity contribution is 5.19. The van der Waals surface area contributed by atoms with E-state index in [1.54, 1.807) is 10.9 Å². The molecular weight excluding hydrogens is 178 g/mol. The van der Waals surface area contributed by atoms with Gasteiger partial charge in [0.25, 0.3) is 0 Å². The lowest BCUT2D eigenvalue weighted by Gasteiger charge is -2.13. The smallest absolute Gasteiger partial charge is 0.165 e. The minimum Gasteiger partial charge on any atom is -0.381 e. The van der Waals surface area contributed by atoms with Crippen LogP contribution in [0.1, 0.15) is 26.7 Å². The summed E-state index contributed by atoms with van der Waals surface area (Å²) in [6.45, 7) is 4.63. The van der Waals surface area contributed by atoms with Gasteiger partial charge in [-0.1, -0.05) is 5.21 Å². The maximum atomic E-state index is 8.79. The van der Waals surface area contributed by atoms with Crippen LogP contribution in [0.25, 0.3) is 0 Å². The van der Waals surface area contributed by atoms with Gasteiger partial charge in [0.05, 0.1) is 17.7 Å². The van der Waals surface area contributed by atoms with Crippen LogP contribution in [0.3, 0.4) is 0 Å². The zero-order chi connectivity index (χ0) is 10.6. The topological polar surface area (TPSA) is 80.5 Å². The number of nitrogens with two attached hydrogens (primary N) is 1. The number of hydrogen-bond acceptors (Lipinski definition) is 4. The van der Waals surface area contributed by atoms with Crippen LogP contribution in [-0.2, 0) is 6.54 Å². The van der Waals surface area contributed by atoms with E-state index in [0.717, 1.165) is 19.4 Å². The summed E-state index contributed by atoms with van der Waals surface area (Å²) in [5.41, 5.74) is 5.16. The van der Waals surface area contributed by atoms with Crippen molar-refractivity contribution in [2.45, 2.75) is 33.2 Å². The summed E-state index contributed by atoms with van der Waals surface area (Å²) >= 11 is 0. The standard InChI is InChI=1S/C9H15N5/c1-9(2,7-10)4-3-5-14-6-8(11)12-13-14/h6H,3-5,11H2,1-2H3. The molecule has 76 valence electrons. The van der Waals surface area contributed by atoms with Gasteiger partial charge in [-0.05, 0) is 26.7 Å². The molecule has 0 fully saturated rings. The van der Waals surface area contributed by atoms with Crippen LogP contribution in [0.2, 0.25) is 0 Å². The van der Waals surface area contributed by atoms with Crippen molar-refractivity contribution in [2.24, 2.45) is 5.41 Å². The summed E-state index contributed by atoms with van der Waals surface area (Å²) in [5, 5.41) is 16.3. The Hall–Kier alpha value is -1.57. The maximum absolute atomic E-state index is 8.79. The van der Waals surface area contributed by atoms with Gasteiger partial charge in [0.1, 0.15) is 0 Å². The number of rotatable bonds is 4. The Morgan fingerprint density at radius 2 is 2.36 bits per heavy atom. The molecule has 0 aliphatic carbocycles. The second-order valence-corrected chi connectivity index (χ2v) is 4.01. The van der Waals surface area contributed by atoms with E-state index in [-0.39, 0.29) is 5.41 Å². The van der Waals surface area contributed by atoms with Crippen molar-refractivity contribution in [2.75, 3.05) is 5.73 Å². The van der Waals surface area contributed by atoms with Crippen LogP contribution in [-0.4, -0.2) is 15.0 Å². The zero-order valence-corrected chi connectivity index (χ0v) is 8.56. The Balaban J connectivity index is 2.33. The molecule has 0 spiro atoms. The summed E-state index contributed by atoms with van der Waals surface area (Å²) in [7, 11) is 0. The number of nitriles is 1. The van der Waals surface area contributed by atoms with E-state index in [1.165, 1.54) is 0 Å². The molecule has 5 nitrogen and oxygen atoms in total. The number of nitrogen functional groups attached to an aromatic ring is 1. The van der Waals surface area contributed by atoms with Crippen LogP contribution >= 0.6 is 0 Å². The molecule has 0 saturated heterocycles. The molecule has 0 amide bonds. The Bertz CT molecular complexity index is 333. The van der Waals surface area contributed by atoms with E-state index >= 15 is 0 Å². The molecule has 0 aliphatic rings. The predicted octanol–water partition coefficient (Wildman–Crippen LogP) is 1.19. The summed E-state index contributed by atoms with van der Waals surface area (Å²) < 4.78 is 1.70. The second-order valence-electron chi connectivity index (χ2n) is 4.01. The van der Waals surface area contributed by atoms with E-state index in [2.05, 4.69) is 16.4 Å². The van der Waals surface area contributed by atoms with Crippen molar-refractivity contribution in [1.82, 2.24) is 15.0 Å². The molecule has 0 radical (unpaired) electrons. The number of nitrogens with zero attached hydrogens (tertiary/aromatic N) is 4. The van der Waals surface area contributed by atoms with Gasteiger partial charge in [0.2, 0.25) is 0 Å². The van der Waals surface area contributed by atoms with Gasteiger partial charge < -0.3 is 5.73 Å². The molecule has 0 aromatic carbocycles. The van der Waals surface area contributed by atoms with Crippen LogP contribution < -0.4 is 5.73 Å². The fourth-order valence-electron chi connectivity index (χ4n) is 1.16. The molecule has 0 atom stereocenters. The molecule has 2 N–H and O–H groups in total. The number of hydrogen-bond donors (Lipinski definition) is 1. The molecule has 1 aromatic heterocycles. The molecular formula is C9H15N5. The van der Waals surface area contributed by atoms with Crippen molar-refractivity contribution in [3.05, 3.63) is 6.20 Å². The Labute approximate surface area is 83.5 Å². The number of anilines is 1.